The number of rotatable bonds is 5. The van der Waals surface area contributed by atoms with E-state index < -0.39 is 0 Å². The molecule has 0 aliphatic carbocycles. The maximum absolute atomic E-state index is 13.0. The molecule has 5 rings (SSSR count). The molecule has 3 aromatic heterocycles. The van der Waals surface area contributed by atoms with E-state index in [1.165, 1.54) is 4.88 Å². The van der Waals surface area contributed by atoms with Gasteiger partial charge in [-0.05, 0) is 60.7 Å². The lowest BCUT2D eigenvalue weighted by Gasteiger charge is -2.24. The van der Waals surface area contributed by atoms with Crippen LogP contribution in [0.1, 0.15) is 39.8 Å². The Kier molecular flexibility index (Phi) is 4.77. The predicted molar refractivity (Wildman–Crippen MR) is 113 cm³/mol. The van der Waals surface area contributed by atoms with Crippen LogP contribution in [0.15, 0.2) is 72.4 Å². The second-order valence-corrected chi connectivity index (χ2v) is 8.16. The van der Waals surface area contributed by atoms with Crippen molar-refractivity contribution in [2.24, 2.45) is 0 Å². The molecule has 146 valence electrons. The van der Waals surface area contributed by atoms with Gasteiger partial charge in [0, 0.05) is 29.4 Å². The fourth-order valence-corrected chi connectivity index (χ4v) is 4.73. The Balaban J connectivity index is 1.25. The molecule has 0 bridgehead atoms. The van der Waals surface area contributed by atoms with Crippen LogP contribution in [0, 0.1) is 0 Å². The molecule has 1 atom stereocenters. The van der Waals surface area contributed by atoms with E-state index in [-0.39, 0.29) is 11.9 Å². The molecule has 1 aliphatic rings. The van der Waals surface area contributed by atoms with Crippen molar-refractivity contribution in [1.82, 2.24) is 14.3 Å². The van der Waals surface area contributed by atoms with Gasteiger partial charge in [-0.25, -0.2) is 4.98 Å². The van der Waals surface area contributed by atoms with Crippen LogP contribution in [0.5, 0.6) is 5.75 Å². The van der Waals surface area contributed by atoms with Gasteiger partial charge in [-0.15, -0.1) is 11.3 Å². The summed E-state index contributed by atoms with van der Waals surface area (Å²) in [6.07, 6.45) is 6.01. The van der Waals surface area contributed by atoms with Crippen molar-refractivity contribution in [3.05, 3.63) is 88.5 Å². The van der Waals surface area contributed by atoms with Gasteiger partial charge in [0.1, 0.15) is 18.0 Å². The first-order valence-corrected chi connectivity index (χ1v) is 10.7. The van der Waals surface area contributed by atoms with Gasteiger partial charge in [0.05, 0.1) is 11.7 Å². The number of hydrogen-bond acceptors (Lipinski definition) is 4. The Morgan fingerprint density at radius 2 is 2.03 bits per heavy atom. The molecular weight excluding hydrogens is 382 g/mol. The molecule has 4 heterocycles. The summed E-state index contributed by atoms with van der Waals surface area (Å²) in [5.41, 5.74) is 2.47. The fourth-order valence-electron chi connectivity index (χ4n) is 3.86. The van der Waals surface area contributed by atoms with Crippen LogP contribution in [0.2, 0.25) is 0 Å². The van der Waals surface area contributed by atoms with Crippen molar-refractivity contribution >= 4 is 22.9 Å². The van der Waals surface area contributed by atoms with Gasteiger partial charge < -0.3 is 14.0 Å². The van der Waals surface area contributed by atoms with Gasteiger partial charge in [-0.3, -0.25) is 4.79 Å². The monoisotopic (exact) mass is 403 g/mol. The standard InChI is InChI=1S/C23H21N3O2S/c27-23(26-13-3-5-20(26)21-6-4-14-29-21)17-8-10-19(11-9-17)28-16-18-15-25-12-2-1-7-22(25)24-18/h1-2,4,6-12,14-15,20H,3,5,13,16H2/t20-/m1/s1. The average Bonchev–Trinajstić information content (AvgIpc) is 3.51. The van der Waals surface area contributed by atoms with Crippen molar-refractivity contribution in [3.8, 4) is 5.75 Å². The Bertz CT molecular complexity index is 1090. The third-order valence-electron chi connectivity index (χ3n) is 5.29. The van der Waals surface area contributed by atoms with Crippen LogP contribution in [-0.4, -0.2) is 26.7 Å². The number of aromatic nitrogens is 2. The van der Waals surface area contributed by atoms with Crippen molar-refractivity contribution < 1.29 is 9.53 Å². The van der Waals surface area contributed by atoms with Crippen LogP contribution in [-0.2, 0) is 6.61 Å². The summed E-state index contributed by atoms with van der Waals surface area (Å²) in [5, 5.41) is 2.07. The van der Waals surface area contributed by atoms with Crippen LogP contribution >= 0.6 is 11.3 Å². The highest BCUT2D eigenvalue weighted by Gasteiger charge is 2.31. The molecule has 29 heavy (non-hydrogen) atoms. The summed E-state index contributed by atoms with van der Waals surface area (Å²) in [4.78, 5) is 20.8. The summed E-state index contributed by atoms with van der Waals surface area (Å²) < 4.78 is 7.84. The van der Waals surface area contributed by atoms with Crippen molar-refractivity contribution in [2.75, 3.05) is 6.54 Å². The summed E-state index contributed by atoms with van der Waals surface area (Å²) in [7, 11) is 0. The van der Waals surface area contributed by atoms with Crippen LogP contribution in [0.3, 0.4) is 0 Å². The zero-order chi connectivity index (χ0) is 19.6. The molecule has 1 aliphatic heterocycles. The van der Waals surface area contributed by atoms with Crippen molar-refractivity contribution in [1.29, 1.82) is 0 Å². The largest absolute Gasteiger partial charge is 0.487 e. The number of fused-ring (bicyclic) bond motifs is 1. The first-order chi connectivity index (χ1) is 14.3. The Hall–Kier alpha value is -3.12. The van der Waals surface area contributed by atoms with Gasteiger partial charge >= 0.3 is 0 Å². The number of nitrogens with zero attached hydrogens (tertiary/aromatic N) is 3. The van der Waals surface area contributed by atoms with Gasteiger partial charge in [0.15, 0.2) is 0 Å². The second-order valence-electron chi connectivity index (χ2n) is 7.18. The fraction of sp³-hybridized carbons (Fsp3) is 0.217. The molecule has 1 saturated heterocycles. The smallest absolute Gasteiger partial charge is 0.254 e. The summed E-state index contributed by atoms with van der Waals surface area (Å²) >= 11 is 1.72. The minimum absolute atomic E-state index is 0.0906. The number of benzene rings is 1. The van der Waals surface area contributed by atoms with E-state index in [1.54, 1.807) is 11.3 Å². The number of imidazole rings is 1. The number of likely N-dealkylation sites (tertiary alicyclic amines) is 1. The maximum atomic E-state index is 13.0. The molecule has 5 nitrogen and oxygen atoms in total. The summed E-state index contributed by atoms with van der Waals surface area (Å²) in [6, 6.07) is 17.7. The van der Waals surface area contributed by atoms with E-state index in [2.05, 4.69) is 22.5 Å². The van der Waals surface area contributed by atoms with Gasteiger partial charge in [0.25, 0.3) is 5.91 Å². The number of carbonyl (C=O) groups excluding carboxylic acids is 1. The molecule has 0 radical (unpaired) electrons. The third kappa shape index (κ3) is 3.63. The van der Waals surface area contributed by atoms with E-state index in [0.717, 1.165) is 36.5 Å². The van der Waals surface area contributed by atoms with Crippen molar-refractivity contribution in [2.45, 2.75) is 25.5 Å². The van der Waals surface area contributed by atoms with E-state index in [9.17, 15) is 4.79 Å². The lowest BCUT2D eigenvalue weighted by atomic mass is 10.1. The highest BCUT2D eigenvalue weighted by Crippen LogP contribution is 2.35. The summed E-state index contributed by atoms with van der Waals surface area (Å²) in [6.45, 7) is 1.20. The van der Waals surface area contributed by atoms with Crippen molar-refractivity contribution in [3.63, 3.8) is 0 Å². The normalized spacial score (nSPS) is 16.4. The third-order valence-corrected chi connectivity index (χ3v) is 6.26. The molecule has 6 heteroatoms. The Morgan fingerprint density at radius 1 is 1.14 bits per heavy atom. The van der Waals surface area contributed by atoms with Gasteiger partial charge in [0.2, 0.25) is 0 Å². The predicted octanol–water partition coefficient (Wildman–Crippen LogP) is 4.95. The zero-order valence-corrected chi connectivity index (χ0v) is 16.7. The lowest BCUT2D eigenvalue weighted by Crippen LogP contribution is -2.30. The molecule has 0 saturated carbocycles. The molecule has 1 fully saturated rings. The molecule has 0 unspecified atom stereocenters. The van der Waals surface area contributed by atoms with E-state index in [4.69, 9.17) is 4.74 Å². The Morgan fingerprint density at radius 3 is 2.83 bits per heavy atom. The second kappa shape index (κ2) is 7.72. The minimum Gasteiger partial charge on any atom is -0.487 e. The molecule has 0 N–H and O–H groups in total. The topological polar surface area (TPSA) is 46.8 Å². The molecular formula is C23H21N3O2S. The van der Waals surface area contributed by atoms with Crippen LogP contribution < -0.4 is 4.74 Å². The molecule has 0 spiro atoms. The SMILES string of the molecule is O=C(c1ccc(OCc2cn3ccccc3n2)cc1)N1CCC[C@@H]1c1cccs1. The lowest BCUT2D eigenvalue weighted by molar-refractivity contribution is 0.0738. The quantitative estimate of drug-likeness (QED) is 0.474. The molecule has 4 aromatic rings. The maximum Gasteiger partial charge on any atom is 0.254 e. The Labute approximate surface area is 173 Å². The van der Waals surface area contributed by atoms with Crippen LogP contribution in [0.25, 0.3) is 5.65 Å². The number of thiophene rings is 1. The summed E-state index contributed by atoms with van der Waals surface area (Å²) in [5.74, 6) is 0.822. The first-order valence-electron chi connectivity index (χ1n) is 9.78. The number of ether oxygens (including phenoxy) is 1. The molecule has 1 aromatic carbocycles. The number of hydrogen-bond donors (Lipinski definition) is 0. The molecule has 1 amide bonds. The van der Waals surface area contributed by atoms with E-state index in [1.807, 2.05) is 64.2 Å². The first kappa shape index (κ1) is 17.9. The van der Waals surface area contributed by atoms with Gasteiger partial charge in [-0.1, -0.05) is 12.1 Å². The average molecular weight is 404 g/mol. The number of amides is 1. The highest BCUT2D eigenvalue weighted by molar-refractivity contribution is 7.10. The number of pyridine rings is 1. The minimum atomic E-state index is 0.0906. The van der Waals surface area contributed by atoms with Gasteiger partial charge in [-0.2, -0.15) is 0 Å². The zero-order valence-electron chi connectivity index (χ0n) is 15.9. The van der Waals surface area contributed by atoms with Crippen LogP contribution in [0.4, 0.5) is 0 Å². The van der Waals surface area contributed by atoms with E-state index in [0.29, 0.717) is 12.2 Å². The number of carbonyl (C=O) groups is 1. The van der Waals surface area contributed by atoms with E-state index >= 15 is 0 Å². The highest BCUT2D eigenvalue weighted by atomic mass is 32.1.